The van der Waals surface area contributed by atoms with Crippen LogP contribution in [-0.2, 0) is 9.53 Å². The van der Waals surface area contributed by atoms with Crippen LogP contribution in [0.3, 0.4) is 0 Å². The molecule has 144 valence electrons. The molecule has 1 aromatic rings. The van der Waals surface area contributed by atoms with Crippen molar-refractivity contribution in [2.75, 3.05) is 26.5 Å². The lowest BCUT2D eigenvalue weighted by atomic mass is 9.94. The number of nitrogens with one attached hydrogen (secondary N) is 1. The monoisotopic (exact) mass is 378 g/mol. The molecular weight excluding hydrogens is 348 g/mol. The fourth-order valence-electron chi connectivity index (χ4n) is 3.29. The Balaban J connectivity index is 1.94. The number of amides is 2. The van der Waals surface area contributed by atoms with E-state index in [1.165, 1.54) is 31.0 Å². The summed E-state index contributed by atoms with van der Waals surface area (Å²) in [6, 6.07) is 7.74. The number of carbonyl (C=O) groups is 2. The summed E-state index contributed by atoms with van der Waals surface area (Å²) in [7, 11) is 3.52. The molecule has 0 aromatic heterocycles. The summed E-state index contributed by atoms with van der Waals surface area (Å²) in [5.74, 6) is 0.348. The fourth-order valence-corrected chi connectivity index (χ4v) is 4.26. The SMILES string of the molecule is COCC(C)NC(=O)c1ccccc1SCC(=O)N(C)C1CCCCC1. The first-order chi connectivity index (χ1) is 12.5. The standard InChI is InChI=1S/C20H30N2O3S/c1-15(13-25-3)21-20(24)17-11-7-8-12-18(17)26-14-19(23)22(2)16-9-5-4-6-10-16/h7-8,11-12,15-16H,4-6,9-10,13-14H2,1-3H3,(H,21,24). The van der Waals surface area contributed by atoms with Crippen LogP contribution in [0.25, 0.3) is 0 Å². The van der Waals surface area contributed by atoms with Crippen molar-refractivity contribution >= 4 is 23.6 Å². The molecule has 0 aliphatic heterocycles. The molecule has 1 atom stereocenters. The number of ether oxygens (including phenoxy) is 1. The van der Waals surface area contributed by atoms with Crippen molar-refractivity contribution in [1.82, 2.24) is 10.2 Å². The van der Waals surface area contributed by atoms with Crippen molar-refractivity contribution in [3.8, 4) is 0 Å². The van der Waals surface area contributed by atoms with Crippen LogP contribution in [0.4, 0.5) is 0 Å². The fraction of sp³-hybridized carbons (Fsp3) is 0.600. The number of rotatable bonds is 8. The van der Waals surface area contributed by atoms with E-state index in [1.54, 1.807) is 13.2 Å². The van der Waals surface area contributed by atoms with Crippen LogP contribution < -0.4 is 5.32 Å². The molecule has 1 N–H and O–H groups in total. The molecule has 0 spiro atoms. The molecule has 26 heavy (non-hydrogen) atoms. The Hall–Kier alpha value is -1.53. The van der Waals surface area contributed by atoms with Gasteiger partial charge in [0.1, 0.15) is 0 Å². The van der Waals surface area contributed by atoms with Gasteiger partial charge in [-0.3, -0.25) is 9.59 Å². The van der Waals surface area contributed by atoms with E-state index in [1.807, 2.05) is 37.1 Å². The minimum Gasteiger partial charge on any atom is -0.383 e. The van der Waals surface area contributed by atoms with Crippen LogP contribution >= 0.6 is 11.8 Å². The van der Waals surface area contributed by atoms with Gasteiger partial charge < -0.3 is 15.0 Å². The van der Waals surface area contributed by atoms with E-state index >= 15 is 0 Å². The second-order valence-corrected chi connectivity index (χ2v) is 7.93. The van der Waals surface area contributed by atoms with E-state index < -0.39 is 0 Å². The molecule has 1 aromatic carbocycles. The lowest BCUT2D eigenvalue weighted by molar-refractivity contribution is -0.129. The zero-order valence-electron chi connectivity index (χ0n) is 16.0. The van der Waals surface area contributed by atoms with Gasteiger partial charge in [0, 0.05) is 31.1 Å². The summed E-state index contributed by atoms with van der Waals surface area (Å²) in [5.41, 5.74) is 0.605. The summed E-state index contributed by atoms with van der Waals surface area (Å²) in [6.07, 6.45) is 5.89. The Labute approximate surface area is 160 Å². The summed E-state index contributed by atoms with van der Waals surface area (Å²) in [6.45, 7) is 2.37. The lowest BCUT2D eigenvalue weighted by Gasteiger charge is -2.31. The first kappa shape index (κ1) is 20.8. The van der Waals surface area contributed by atoms with Gasteiger partial charge in [-0.2, -0.15) is 0 Å². The van der Waals surface area contributed by atoms with Crippen molar-refractivity contribution in [2.45, 2.75) is 56.0 Å². The number of hydrogen-bond donors (Lipinski definition) is 1. The second kappa shape index (κ2) is 10.6. The maximum absolute atomic E-state index is 12.5. The van der Waals surface area contributed by atoms with E-state index in [-0.39, 0.29) is 17.9 Å². The van der Waals surface area contributed by atoms with Gasteiger partial charge in [0.05, 0.1) is 17.9 Å². The Morgan fingerprint density at radius 2 is 1.96 bits per heavy atom. The van der Waals surface area contributed by atoms with Crippen molar-refractivity contribution in [1.29, 1.82) is 0 Å². The molecule has 1 aliphatic carbocycles. The molecule has 1 fully saturated rings. The number of benzene rings is 1. The topological polar surface area (TPSA) is 58.6 Å². The smallest absolute Gasteiger partial charge is 0.252 e. The summed E-state index contributed by atoms with van der Waals surface area (Å²) in [5, 5.41) is 2.93. The van der Waals surface area contributed by atoms with Crippen LogP contribution in [-0.4, -0.2) is 55.3 Å². The lowest BCUT2D eigenvalue weighted by Crippen LogP contribution is -2.39. The molecule has 1 aliphatic rings. The van der Waals surface area contributed by atoms with Crippen molar-refractivity contribution in [3.05, 3.63) is 29.8 Å². The Morgan fingerprint density at radius 1 is 1.27 bits per heavy atom. The molecule has 1 saturated carbocycles. The average molecular weight is 379 g/mol. The van der Waals surface area contributed by atoms with E-state index in [2.05, 4.69) is 5.32 Å². The van der Waals surface area contributed by atoms with Crippen molar-refractivity contribution in [3.63, 3.8) is 0 Å². The predicted molar refractivity (Wildman–Crippen MR) is 106 cm³/mol. The van der Waals surface area contributed by atoms with Crippen molar-refractivity contribution in [2.24, 2.45) is 0 Å². The minimum absolute atomic E-state index is 0.0652. The number of hydrogen-bond acceptors (Lipinski definition) is 4. The molecule has 0 saturated heterocycles. The molecule has 0 bridgehead atoms. The third kappa shape index (κ3) is 6.02. The van der Waals surface area contributed by atoms with Gasteiger partial charge >= 0.3 is 0 Å². The third-order valence-electron chi connectivity index (χ3n) is 4.79. The summed E-state index contributed by atoms with van der Waals surface area (Å²) in [4.78, 5) is 27.8. The van der Waals surface area contributed by atoms with Gasteiger partial charge in [0.15, 0.2) is 0 Å². The highest BCUT2D eigenvalue weighted by atomic mass is 32.2. The van der Waals surface area contributed by atoms with Gasteiger partial charge in [-0.25, -0.2) is 0 Å². The Bertz CT molecular complexity index is 602. The normalized spacial score (nSPS) is 16.1. The first-order valence-electron chi connectivity index (χ1n) is 9.30. The molecule has 2 rings (SSSR count). The largest absolute Gasteiger partial charge is 0.383 e. The highest BCUT2D eigenvalue weighted by molar-refractivity contribution is 8.00. The molecule has 0 radical (unpaired) electrons. The van der Waals surface area contributed by atoms with E-state index in [0.29, 0.717) is 24.0 Å². The quantitative estimate of drug-likeness (QED) is 0.705. The average Bonchev–Trinajstić information content (AvgIpc) is 2.66. The number of thioether (sulfide) groups is 1. The Kier molecular flexibility index (Phi) is 8.45. The number of nitrogens with zero attached hydrogens (tertiary/aromatic N) is 1. The molecule has 6 heteroatoms. The Morgan fingerprint density at radius 3 is 2.65 bits per heavy atom. The van der Waals surface area contributed by atoms with Gasteiger partial charge in [0.25, 0.3) is 5.91 Å². The van der Waals surface area contributed by atoms with E-state index in [9.17, 15) is 9.59 Å². The van der Waals surface area contributed by atoms with E-state index in [4.69, 9.17) is 4.74 Å². The third-order valence-corrected chi connectivity index (χ3v) is 5.85. The number of carbonyl (C=O) groups excluding carboxylic acids is 2. The van der Waals surface area contributed by atoms with Crippen LogP contribution in [0.2, 0.25) is 0 Å². The molecule has 2 amide bonds. The zero-order valence-corrected chi connectivity index (χ0v) is 16.8. The minimum atomic E-state index is -0.134. The molecular formula is C20H30N2O3S. The van der Waals surface area contributed by atoms with E-state index in [0.717, 1.165) is 17.7 Å². The summed E-state index contributed by atoms with van der Waals surface area (Å²) < 4.78 is 5.06. The highest BCUT2D eigenvalue weighted by Gasteiger charge is 2.22. The molecule has 5 nitrogen and oxygen atoms in total. The van der Waals surface area contributed by atoms with Crippen LogP contribution in [0, 0.1) is 0 Å². The summed E-state index contributed by atoms with van der Waals surface area (Å²) >= 11 is 1.43. The first-order valence-corrected chi connectivity index (χ1v) is 10.3. The zero-order chi connectivity index (χ0) is 18.9. The van der Waals surface area contributed by atoms with Crippen LogP contribution in [0.5, 0.6) is 0 Å². The second-order valence-electron chi connectivity index (χ2n) is 6.91. The van der Waals surface area contributed by atoms with Gasteiger partial charge in [-0.05, 0) is 31.9 Å². The molecule has 0 heterocycles. The van der Waals surface area contributed by atoms with Gasteiger partial charge in [0.2, 0.25) is 5.91 Å². The predicted octanol–water partition coefficient (Wildman–Crippen LogP) is 3.33. The molecule has 1 unspecified atom stereocenters. The maximum atomic E-state index is 12.5. The maximum Gasteiger partial charge on any atom is 0.252 e. The highest BCUT2D eigenvalue weighted by Crippen LogP contribution is 2.25. The van der Waals surface area contributed by atoms with Crippen LogP contribution in [0.15, 0.2) is 29.2 Å². The van der Waals surface area contributed by atoms with Crippen LogP contribution in [0.1, 0.15) is 49.4 Å². The van der Waals surface area contributed by atoms with Crippen molar-refractivity contribution < 1.29 is 14.3 Å². The van der Waals surface area contributed by atoms with Gasteiger partial charge in [-0.1, -0.05) is 31.4 Å². The van der Waals surface area contributed by atoms with Gasteiger partial charge in [-0.15, -0.1) is 11.8 Å². The number of methoxy groups -OCH3 is 1.